The van der Waals surface area contributed by atoms with Gasteiger partial charge in [0.05, 0.1) is 0 Å². The number of fused-ring (bicyclic) bond motifs is 1. The van der Waals surface area contributed by atoms with Crippen molar-refractivity contribution in [1.29, 1.82) is 0 Å². The molecule has 1 aliphatic rings. The first-order chi connectivity index (χ1) is 10.6. The van der Waals surface area contributed by atoms with Gasteiger partial charge in [0.1, 0.15) is 0 Å². The van der Waals surface area contributed by atoms with Crippen LogP contribution >= 0.6 is 0 Å². The fourth-order valence-electron chi connectivity index (χ4n) is 2.41. The Morgan fingerprint density at radius 2 is 1.86 bits per heavy atom. The molecule has 0 aliphatic carbocycles. The van der Waals surface area contributed by atoms with Gasteiger partial charge in [0, 0.05) is 24.3 Å². The van der Waals surface area contributed by atoms with Crippen molar-refractivity contribution in [2.75, 3.05) is 17.4 Å². The highest BCUT2D eigenvalue weighted by Crippen LogP contribution is 2.34. The number of carbonyl (C=O) groups excluding carboxylic acids is 1. The van der Waals surface area contributed by atoms with Crippen molar-refractivity contribution in [3.05, 3.63) is 48.0 Å². The first kappa shape index (κ1) is 14.3. The van der Waals surface area contributed by atoms with Crippen LogP contribution in [0.5, 0.6) is 11.5 Å². The smallest absolute Gasteiger partial charge is 0.231 e. The van der Waals surface area contributed by atoms with Crippen LogP contribution in [-0.4, -0.2) is 12.7 Å². The van der Waals surface area contributed by atoms with Crippen molar-refractivity contribution in [2.24, 2.45) is 0 Å². The van der Waals surface area contributed by atoms with Crippen LogP contribution in [0.1, 0.15) is 25.5 Å². The van der Waals surface area contributed by atoms with Crippen LogP contribution in [0, 0.1) is 0 Å². The lowest BCUT2D eigenvalue weighted by Crippen LogP contribution is -2.08. The summed E-state index contributed by atoms with van der Waals surface area (Å²) in [7, 11) is 0. The van der Waals surface area contributed by atoms with Crippen LogP contribution in [0.3, 0.4) is 0 Å². The SMILES string of the molecule is CC(=O)Nc1cccc(NC(C)c2ccc3c(c2)OCO3)c1. The van der Waals surface area contributed by atoms with E-state index in [1.165, 1.54) is 6.92 Å². The number of carbonyl (C=O) groups is 1. The van der Waals surface area contributed by atoms with Crippen LogP contribution in [0.2, 0.25) is 0 Å². The molecule has 114 valence electrons. The molecule has 0 radical (unpaired) electrons. The molecule has 5 heteroatoms. The van der Waals surface area contributed by atoms with Gasteiger partial charge in [-0.2, -0.15) is 0 Å². The monoisotopic (exact) mass is 298 g/mol. The van der Waals surface area contributed by atoms with E-state index in [1.807, 2.05) is 42.5 Å². The van der Waals surface area contributed by atoms with Crippen LogP contribution < -0.4 is 20.1 Å². The van der Waals surface area contributed by atoms with E-state index in [9.17, 15) is 4.79 Å². The lowest BCUT2D eigenvalue weighted by Gasteiger charge is -2.17. The van der Waals surface area contributed by atoms with Gasteiger partial charge in [0.15, 0.2) is 11.5 Å². The molecule has 2 N–H and O–H groups in total. The molecule has 0 saturated heterocycles. The molecule has 0 spiro atoms. The molecule has 5 nitrogen and oxygen atoms in total. The Kier molecular flexibility index (Phi) is 3.87. The average molecular weight is 298 g/mol. The molecule has 0 fully saturated rings. The van der Waals surface area contributed by atoms with Crippen LogP contribution in [0.4, 0.5) is 11.4 Å². The van der Waals surface area contributed by atoms with Crippen LogP contribution in [0.25, 0.3) is 0 Å². The van der Waals surface area contributed by atoms with Gasteiger partial charge in [0.25, 0.3) is 0 Å². The fourth-order valence-corrected chi connectivity index (χ4v) is 2.41. The number of anilines is 2. The zero-order valence-electron chi connectivity index (χ0n) is 12.6. The molecule has 2 aromatic carbocycles. The fraction of sp³-hybridized carbons (Fsp3) is 0.235. The van der Waals surface area contributed by atoms with Crippen molar-refractivity contribution < 1.29 is 14.3 Å². The Balaban J connectivity index is 1.73. The van der Waals surface area contributed by atoms with Crippen molar-refractivity contribution in [3.8, 4) is 11.5 Å². The third-order valence-corrected chi connectivity index (χ3v) is 3.46. The van der Waals surface area contributed by atoms with Crippen molar-refractivity contribution in [1.82, 2.24) is 0 Å². The second-order valence-electron chi connectivity index (χ2n) is 5.24. The van der Waals surface area contributed by atoms with E-state index in [1.54, 1.807) is 0 Å². The van der Waals surface area contributed by atoms with Gasteiger partial charge in [-0.15, -0.1) is 0 Å². The van der Waals surface area contributed by atoms with Gasteiger partial charge >= 0.3 is 0 Å². The van der Waals surface area contributed by atoms with Gasteiger partial charge in [-0.1, -0.05) is 12.1 Å². The summed E-state index contributed by atoms with van der Waals surface area (Å²) in [5.74, 6) is 1.47. The molecule has 1 aliphatic heterocycles. The zero-order valence-corrected chi connectivity index (χ0v) is 12.6. The summed E-state index contributed by atoms with van der Waals surface area (Å²) in [6.07, 6.45) is 0. The highest BCUT2D eigenvalue weighted by atomic mass is 16.7. The third-order valence-electron chi connectivity index (χ3n) is 3.46. The quantitative estimate of drug-likeness (QED) is 0.906. The molecule has 1 unspecified atom stereocenters. The molecule has 0 saturated carbocycles. The van der Waals surface area contributed by atoms with Gasteiger partial charge in [-0.3, -0.25) is 4.79 Å². The van der Waals surface area contributed by atoms with E-state index in [4.69, 9.17) is 9.47 Å². The second kappa shape index (κ2) is 5.97. The maximum Gasteiger partial charge on any atom is 0.231 e. The summed E-state index contributed by atoms with van der Waals surface area (Å²) in [6.45, 7) is 3.84. The zero-order chi connectivity index (χ0) is 15.5. The van der Waals surface area contributed by atoms with E-state index in [0.29, 0.717) is 0 Å². The Bertz CT molecular complexity index is 700. The molecule has 1 heterocycles. The number of nitrogens with one attached hydrogen (secondary N) is 2. The van der Waals surface area contributed by atoms with E-state index >= 15 is 0 Å². The standard InChI is InChI=1S/C17H18N2O3/c1-11(13-6-7-16-17(8-13)22-10-21-16)18-14-4-3-5-15(9-14)19-12(2)20/h3-9,11,18H,10H2,1-2H3,(H,19,20). The maximum atomic E-state index is 11.1. The first-order valence-corrected chi connectivity index (χ1v) is 7.15. The summed E-state index contributed by atoms with van der Waals surface area (Å²) in [4.78, 5) is 11.1. The lowest BCUT2D eigenvalue weighted by molar-refractivity contribution is -0.114. The maximum absolute atomic E-state index is 11.1. The van der Waals surface area contributed by atoms with Crippen molar-refractivity contribution >= 4 is 17.3 Å². The van der Waals surface area contributed by atoms with E-state index in [-0.39, 0.29) is 18.7 Å². The second-order valence-corrected chi connectivity index (χ2v) is 5.24. The predicted molar refractivity (Wildman–Crippen MR) is 85.3 cm³/mol. The molecule has 0 bridgehead atoms. The molecule has 2 aromatic rings. The van der Waals surface area contributed by atoms with Gasteiger partial charge in [0.2, 0.25) is 12.7 Å². The Morgan fingerprint density at radius 1 is 1.09 bits per heavy atom. The molecular weight excluding hydrogens is 280 g/mol. The van der Waals surface area contributed by atoms with Crippen LogP contribution in [0.15, 0.2) is 42.5 Å². The Morgan fingerprint density at radius 3 is 2.68 bits per heavy atom. The molecule has 0 aromatic heterocycles. The minimum Gasteiger partial charge on any atom is -0.454 e. The number of ether oxygens (including phenoxy) is 2. The average Bonchev–Trinajstić information content (AvgIpc) is 2.94. The normalized spacial score (nSPS) is 13.5. The Labute approximate surface area is 129 Å². The first-order valence-electron chi connectivity index (χ1n) is 7.15. The van der Waals surface area contributed by atoms with Crippen molar-refractivity contribution in [3.63, 3.8) is 0 Å². The summed E-state index contributed by atoms with van der Waals surface area (Å²) >= 11 is 0. The van der Waals surface area contributed by atoms with E-state index < -0.39 is 0 Å². The minimum atomic E-state index is -0.0824. The largest absolute Gasteiger partial charge is 0.454 e. The predicted octanol–water partition coefficient (Wildman–Crippen LogP) is 3.55. The topological polar surface area (TPSA) is 59.6 Å². The van der Waals surface area contributed by atoms with Crippen LogP contribution in [-0.2, 0) is 4.79 Å². The van der Waals surface area contributed by atoms with Gasteiger partial charge in [-0.05, 0) is 42.8 Å². The van der Waals surface area contributed by atoms with E-state index in [0.717, 1.165) is 28.4 Å². The molecule has 3 rings (SSSR count). The number of amides is 1. The number of benzene rings is 2. The van der Waals surface area contributed by atoms with Gasteiger partial charge in [-0.25, -0.2) is 0 Å². The number of hydrogen-bond acceptors (Lipinski definition) is 4. The summed E-state index contributed by atoms with van der Waals surface area (Å²) in [6, 6.07) is 13.7. The third kappa shape index (κ3) is 3.14. The molecular formula is C17H18N2O3. The highest BCUT2D eigenvalue weighted by molar-refractivity contribution is 5.89. The number of hydrogen-bond donors (Lipinski definition) is 2. The minimum absolute atomic E-state index is 0.0824. The number of rotatable bonds is 4. The molecule has 22 heavy (non-hydrogen) atoms. The lowest BCUT2D eigenvalue weighted by atomic mass is 10.1. The summed E-state index contributed by atoms with van der Waals surface area (Å²) in [5.41, 5.74) is 2.82. The molecule has 1 amide bonds. The van der Waals surface area contributed by atoms with Crippen molar-refractivity contribution in [2.45, 2.75) is 19.9 Å². The molecule has 1 atom stereocenters. The van der Waals surface area contributed by atoms with E-state index in [2.05, 4.69) is 17.6 Å². The summed E-state index contributed by atoms with van der Waals surface area (Å²) < 4.78 is 10.7. The van der Waals surface area contributed by atoms with Gasteiger partial charge < -0.3 is 20.1 Å². The highest BCUT2D eigenvalue weighted by Gasteiger charge is 2.15. The Hall–Kier alpha value is -2.69. The summed E-state index contributed by atoms with van der Waals surface area (Å²) in [5, 5.41) is 6.19.